The largest absolute Gasteiger partial charge is 0.412 e. The third-order valence-corrected chi connectivity index (χ3v) is 8.78. The van der Waals surface area contributed by atoms with Gasteiger partial charge in [0.1, 0.15) is 0 Å². The average molecular weight is 674 g/mol. The number of carbonyl (C=O) groups excluding carboxylic acids is 3. The fourth-order valence-corrected chi connectivity index (χ4v) is 6.06. The first kappa shape index (κ1) is 36.3. The van der Waals surface area contributed by atoms with Crippen molar-refractivity contribution in [2.75, 3.05) is 16.9 Å². The Balaban J connectivity index is 1.81. The molecular formula is C32H43N5O7S2. The fourth-order valence-electron chi connectivity index (χ4n) is 4.34. The molecule has 0 aliphatic rings. The SMILES string of the molecule is CC(=O)Nc1nc(CCc2ccc(NC(OC(N)=O)(OC(=O)NC(C)(C)C)C(C)(C)C)cc2)c(Cc2ccc(S(C)(=O)=O)cc2)s1. The molecule has 0 spiro atoms. The van der Waals surface area contributed by atoms with E-state index < -0.39 is 38.9 Å². The van der Waals surface area contributed by atoms with Crippen molar-refractivity contribution >= 4 is 50.1 Å². The van der Waals surface area contributed by atoms with Crippen LogP contribution in [0.4, 0.5) is 20.4 Å². The van der Waals surface area contributed by atoms with Gasteiger partial charge in [-0.05, 0) is 69.0 Å². The lowest BCUT2D eigenvalue weighted by Crippen LogP contribution is -2.59. The summed E-state index contributed by atoms with van der Waals surface area (Å²) in [5.41, 5.74) is 7.10. The first-order chi connectivity index (χ1) is 21.2. The highest BCUT2D eigenvalue weighted by atomic mass is 32.2. The molecule has 0 bridgehead atoms. The number of hydrogen-bond donors (Lipinski definition) is 4. The first-order valence-electron chi connectivity index (χ1n) is 14.6. The van der Waals surface area contributed by atoms with Crippen molar-refractivity contribution in [2.24, 2.45) is 11.1 Å². The molecule has 0 saturated carbocycles. The van der Waals surface area contributed by atoms with E-state index in [4.69, 9.17) is 15.2 Å². The summed E-state index contributed by atoms with van der Waals surface area (Å²) in [6.45, 7) is 12.0. The number of alkyl carbamates (subject to hydrolysis) is 1. The van der Waals surface area contributed by atoms with Gasteiger partial charge in [0.25, 0.3) is 0 Å². The Morgan fingerprint density at radius 3 is 1.98 bits per heavy atom. The number of hydrogen-bond acceptors (Lipinski definition) is 10. The molecule has 3 aromatic rings. The van der Waals surface area contributed by atoms with E-state index in [0.29, 0.717) is 30.1 Å². The summed E-state index contributed by atoms with van der Waals surface area (Å²) < 4.78 is 34.8. The number of aryl methyl sites for hydroxylation is 2. The lowest BCUT2D eigenvalue weighted by atomic mass is 9.90. The Hall–Kier alpha value is -4.17. The maximum absolute atomic E-state index is 12.8. The van der Waals surface area contributed by atoms with Crippen molar-refractivity contribution in [1.29, 1.82) is 0 Å². The van der Waals surface area contributed by atoms with Gasteiger partial charge in [0.15, 0.2) is 15.0 Å². The van der Waals surface area contributed by atoms with Crippen LogP contribution in [0, 0.1) is 5.41 Å². The minimum atomic E-state index is -3.30. The van der Waals surface area contributed by atoms with E-state index >= 15 is 0 Å². The zero-order valence-corrected chi connectivity index (χ0v) is 29.1. The Bertz CT molecular complexity index is 1660. The molecule has 3 amide bonds. The number of benzene rings is 2. The smallest absolute Gasteiger partial charge is 0.387 e. The minimum Gasteiger partial charge on any atom is -0.387 e. The van der Waals surface area contributed by atoms with Crippen molar-refractivity contribution in [3.8, 4) is 0 Å². The predicted molar refractivity (Wildman–Crippen MR) is 178 cm³/mol. The maximum atomic E-state index is 12.8. The van der Waals surface area contributed by atoms with E-state index in [9.17, 15) is 22.8 Å². The van der Waals surface area contributed by atoms with E-state index in [1.165, 1.54) is 24.5 Å². The number of nitrogens with zero attached hydrogens (tertiary/aromatic N) is 1. The number of sulfone groups is 1. The molecule has 1 atom stereocenters. The normalized spacial score (nSPS) is 13.3. The molecular weight excluding hydrogens is 631 g/mol. The number of aromatic nitrogens is 1. The van der Waals surface area contributed by atoms with Crippen molar-refractivity contribution < 1.29 is 32.3 Å². The number of anilines is 2. The molecule has 0 fully saturated rings. The number of ether oxygens (including phenoxy) is 2. The van der Waals surface area contributed by atoms with Gasteiger partial charge in [-0.15, -0.1) is 11.3 Å². The molecule has 250 valence electrons. The molecule has 2 aromatic carbocycles. The van der Waals surface area contributed by atoms with Crippen LogP contribution in [0.25, 0.3) is 0 Å². The highest BCUT2D eigenvalue weighted by molar-refractivity contribution is 7.90. The number of primary amides is 1. The Kier molecular flexibility index (Phi) is 11.1. The molecule has 0 saturated heterocycles. The third-order valence-electron chi connectivity index (χ3n) is 6.64. The summed E-state index contributed by atoms with van der Waals surface area (Å²) in [7, 11) is -3.30. The summed E-state index contributed by atoms with van der Waals surface area (Å²) in [6, 6.07) is 14.1. The van der Waals surface area contributed by atoms with Crippen LogP contribution < -0.4 is 21.7 Å². The number of rotatable bonds is 11. The second-order valence-corrected chi connectivity index (χ2v) is 16.1. The Morgan fingerprint density at radius 2 is 1.48 bits per heavy atom. The van der Waals surface area contributed by atoms with Gasteiger partial charge in [0.05, 0.1) is 16.0 Å². The molecule has 1 unspecified atom stereocenters. The standard InChI is InChI=1S/C32H43N5O7S2/c1-20(38)34-28-35-25(26(45-28)19-22-11-16-24(17-12-22)46(8,41)42)18-13-21-9-14-23(15-10-21)36-32(30(2,3)4,43-27(33)39)44-29(40)37-31(5,6)7/h9-12,14-17,36H,13,18-19H2,1-8H3,(H2,33,39)(H,37,40)(H,34,35,38). The van der Waals surface area contributed by atoms with E-state index in [-0.39, 0.29) is 10.8 Å². The number of thiazole rings is 1. The van der Waals surface area contributed by atoms with Crippen LogP contribution in [0.5, 0.6) is 0 Å². The summed E-state index contributed by atoms with van der Waals surface area (Å²) in [5, 5.41) is 9.01. The molecule has 14 heteroatoms. The van der Waals surface area contributed by atoms with E-state index in [1.54, 1.807) is 77.9 Å². The van der Waals surface area contributed by atoms with Crippen LogP contribution in [0.2, 0.25) is 0 Å². The zero-order valence-electron chi connectivity index (χ0n) is 27.4. The number of carbonyl (C=O) groups is 3. The van der Waals surface area contributed by atoms with Gasteiger partial charge in [-0.1, -0.05) is 45.0 Å². The van der Waals surface area contributed by atoms with E-state index in [2.05, 4.69) is 20.9 Å². The van der Waals surface area contributed by atoms with Crippen LogP contribution in [0.1, 0.15) is 70.2 Å². The lowest BCUT2D eigenvalue weighted by Gasteiger charge is -2.42. The van der Waals surface area contributed by atoms with Crippen LogP contribution in [0.15, 0.2) is 53.4 Å². The van der Waals surface area contributed by atoms with Gasteiger partial charge in [-0.25, -0.2) is 23.0 Å². The highest BCUT2D eigenvalue weighted by Crippen LogP contribution is 2.37. The van der Waals surface area contributed by atoms with Gasteiger partial charge in [-0.3, -0.25) is 4.79 Å². The predicted octanol–water partition coefficient (Wildman–Crippen LogP) is 5.61. The van der Waals surface area contributed by atoms with Gasteiger partial charge >= 0.3 is 18.1 Å². The third kappa shape index (κ3) is 10.4. The summed E-state index contributed by atoms with van der Waals surface area (Å²) in [6.07, 6.45) is 0.977. The summed E-state index contributed by atoms with van der Waals surface area (Å²) >= 11 is 1.38. The van der Waals surface area contributed by atoms with Crippen LogP contribution >= 0.6 is 11.3 Å². The lowest BCUT2D eigenvalue weighted by molar-refractivity contribution is -0.202. The van der Waals surface area contributed by atoms with Crippen LogP contribution in [0.3, 0.4) is 0 Å². The topological polar surface area (TPSA) is 179 Å². The number of nitrogens with one attached hydrogen (secondary N) is 3. The molecule has 12 nitrogen and oxygen atoms in total. The quantitative estimate of drug-likeness (QED) is 0.188. The zero-order chi connectivity index (χ0) is 34.5. The van der Waals surface area contributed by atoms with Crippen molar-refractivity contribution in [3.63, 3.8) is 0 Å². The second kappa shape index (κ2) is 14.1. The van der Waals surface area contributed by atoms with E-state index in [1.807, 2.05) is 12.1 Å². The molecule has 5 N–H and O–H groups in total. The Labute approximate surface area is 274 Å². The molecule has 1 heterocycles. The fraction of sp³-hybridized carbons (Fsp3) is 0.438. The Morgan fingerprint density at radius 1 is 0.891 bits per heavy atom. The van der Waals surface area contributed by atoms with Crippen molar-refractivity contribution in [1.82, 2.24) is 10.3 Å². The van der Waals surface area contributed by atoms with Gasteiger partial charge in [0, 0.05) is 35.7 Å². The van der Waals surface area contributed by atoms with Crippen molar-refractivity contribution in [2.45, 2.75) is 84.1 Å². The number of amides is 3. The minimum absolute atomic E-state index is 0.223. The van der Waals surface area contributed by atoms with Crippen molar-refractivity contribution in [3.05, 3.63) is 70.2 Å². The molecule has 3 rings (SSSR count). The number of nitrogens with two attached hydrogens (primary N) is 1. The molecule has 1 aromatic heterocycles. The second-order valence-electron chi connectivity index (χ2n) is 13.0. The maximum Gasteiger partial charge on any atom is 0.412 e. The van der Waals surface area contributed by atoms with Crippen LogP contribution in [-0.2, 0) is 43.4 Å². The average Bonchev–Trinajstić information content (AvgIpc) is 3.25. The molecule has 0 radical (unpaired) electrons. The van der Waals surface area contributed by atoms with Gasteiger partial charge in [0.2, 0.25) is 5.91 Å². The summed E-state index contributed by atoms with van der Waals surface area (Å²) in [4.78, 5) is 42.3. The molecule has 0 aliphatic heterocycles. The van der Waals surface area contributed by atoms with E-state index in [0.717, 1.165) is 21.7 Å². The summed E-state index contributed by atoms with van der Waals surface area (Å²) in [5.74, 6) is -2.15. The molecule has 46 heavy (non-hydrogen) atoms. The first-order valence-corrected chi connectivity index (χ1v) is 17.3. The monoisotopic (exact) mass is 673 g/mol. The highest BCUT2D eigenvalue weighted by Gasteiger charge is 2.50. The van der Waals surface area contributed by atoms with Crippen LogP contribution in [-0.4, -0.2) is 49.2 Å². The molecule has 0 aliphatic carbocycles. The van der Waals surface area contributed by atoms with Gasteiger partial charge < -0.3 is 31.2 Å². The van der Waals surface area contributed by atoms with Gasteiger partial charge in [-0.2, -0.15) is 0 Å².